The maximum atomic E-state index is 12.0. The monoisotopic (exact) mass is 357 g/mol. The largest absolute Gasteiger partial charge is 0.507 e. The number of benzene rings is 1. The highest BCUT2D eigenvalue weighted by atomic mass is 32.2. The predicted octanol–water partition coefficient (Wildman–Crippen LogP) is 0.249. The molecule has 2 atom stereocenters. The van der Waals surface area contributed by atoms with E-state index in [1.807, 2.05) is 0 Å². The summed E-state index contributed by atoms with van der Waals surface area (Å²) < 4.78 is 32.7. The summed E-state index contributed by atoms with van der Waals surface area (Å²) in [5.41, 5.74) is -0.0982. The van der Waals surface area contributed by atoms with Crippen molar-refractivity contribution in [1.82, 2.24) is 5.32 Å². The van der Waals surface area contributed by atoms with Crippen LogP contribution in [0.3, 0.4) is 0 Å². The number of carbonyl (C=O) groups is 2. The average molecular weight is 357 g/mol. The number of nitrogens with one attached hydrogen (secondary N) is 1. The number of carbonyl (C=O) groups excluding carboxylic acids is 2. The van der Waals surface area contributed by atoms with Crippen LogP contribution in [0.2, 0.25) is 0 Å². The van der Waals surface area contributed by atoms with E-state index in [1.165, 1.54) is 32.2 Å². The molecule has 8 nitrogen and oxygen atoms in total. The Morgan fingerprint density at radius 3 is 2.62 bits per heavy atom. The van der Waals surface area contributed by atoms with Crippen molar-refractivity contribution in [3.05, 3.63) is 23.8 Å². The molecule has 1 amide bonds. The molecule has 0 radical (unpaired) electrons. The van der Waals surface area contributed by atoms with Gasteiger partial charge < -0.3 is 19.9 Å². The van der Waals surface area contributed by atoms with Gasteiger partial charge in [-0.2, -0.15) is 0 Å². The Balaban J connectivity index is 1.95. The van der Waals surface area contributed by atoms with Crippen LogP contribution in [0.4, 0.5) is 0 Å². The molecule has 1 heterocycles. The Kier molecular flexibility index (Phi) is 5.33. The van der Waals surface area contributed by atoms with E-state index in [2.05, 4.69) is 5.32 Å². The van der Waals surface area contributed by atoms with Crippen LogP contribution in [0, 0.1) is 0 Å². The molecule has 0 bridgehead atoms. The SMILES string of the molecule is COc1ccc(C(=O)O[C@H](C)C(=O)N[C@@H]2CCS(=O)(=O)C2)c(O)c1. The molecule has 132 valence electrons. The van der Waals surface area contributed by atoms with Crippen LogP contribution in [-0.2, 0) is 19.4 Å². The van der Waals surface area contributed by atoms with E-state index in [4.69, 9.17) is 9.47 Å². The Morgan fingerprint density at radius 2 is 2.08 bits per heavy atom. The number of rotatable bonds is 5. The van der Waals surface area contributed by atoms with Gasteiger partial charge in [-0.25, -0.2) is 13.2 Å². The van der Waals surface area contributed by atoms with Crippen molar-refractivity contribution in [3.8, 4) is 11.5 Å². The molecular weight excluding hydrogens is 338 g/mol. The van der Waals surface area contributed by atoms with E-state index in [9.17, 15) is 23.1 Å². The minimum absolute atomic E-state index is 0.0336. The van der Waals surface area contributed by atoms with Crippen molar-refractivity contribution in [2.75, 3.05) is 18.6 Å². The van der Waals surface area contributed by atoms with Crippen LogP contribution in [0.5, 0.6) is 11.5 Å². The molecule has 1 aromatic rings. The summed E-state index contributed by atoms with van der Waals surface area (Å²) in [5.74, 6) is -1.48. The second kappa shape index (κ2) is 7.08. The third-order valence-electron chi connectivity index (χ3n) is 3.66. The fraction of sp³-hybridized carbons (Fsp3) is 0.467. The first-order chi connectivity index (χ1) is 11.2. The lowest BCUT2D eigenvalue weighted by Crippen LogP contribution is -2.42. The Hall–Kier alpha value is -2.29. The first-order valence-corrected chi connectivity index (χ1v) is 9.13. The number of phenolic OH excluding ortho intramolecular Hbond substituents is 1. The quantitative estimate of drug-likeness (QED) is 0.725. The molecule has 2 rings (SSSR count). The van der Waals surface area contributed by atoms with Crippen molar-refractivity contribution in [2.24, 2.45) is 0 Å². The molecule has 0 aromatic heterocycles. The van der Waals surface area contributed by atoms with E-state index in [1.54, 1.807) is 0 Å². The molecule has 24 heavy (non-hydrogen) atoms. The first kappa shape index (κ1) is 18.1. The van der Waals surface area contributed by atoms with E-state index in [0.29, 0.717) is 12.2 Å². The van der Waals surface area contributed by atoms with Gasteiger partial charge in [-0.15, -0.1) is 0 Å². The van der Waals surface area contributed by atoms with Gasteiger partial charge in [-0.1, -0.05) is 0 Å². The normalized spacial score (nSPS) is 20.2. The van der Waals surface area contributed by atoms with Gasteiger partial charge in [-0.05, 0) is 25.5 Å². The summed E-state index contributed by atoms with van der Waals surface area (Å²) in [6, 6.07) is 3.58. The number of phenols is 1. The number of ether oxygens (including phenoxy) is 2. The zero-order valence-corrected chi connectivity index (χ0v) is 14.1. The lowest BCUT2D eigenvalue weighted by Gasteiger charge is -2.17. The van der Waals surface area contributed by atoms with Crippen molar-refractivity contribution >= 4 is 21.7 Å². The first-order valence-electron chi connectivity index (χ1n) is 7.30. The smallest absolute Gasteiger partial charge is 0.342 e. The van der Waals surface area contributed by atoms with E-state index < -0.39 is 33.9 Å². The van der Waals surface area contributed by atoms with Gasteiger partial charge in [0.25, 0.3) is 5.91 Å². The molecule has 0 spiro atoms. The molecule has 9 heteroatoms. The highest BCUT2D eigenvalue weighted by Gasteiger charge is 2.31. The third kappa shape index (κ3) is 4.38. The molecular formula is C15H19NO7S. The number of amides is 1. The Labute approximate surface area is 139 Å². The summed E-state index contributed by atoms with van der Waals surface area (Å²) >= 11 is 0. The zero-order valence-electron chi connectivity index (χ0n) is 13.3. The highest BCUT2D eigenvalue weighted by molar-refractivity contribution is 7.91. The number of methoxy groups -OCH3 is 1. The van der Waals surface area contributed by atoms with E-state index in [-0.39, 0.29) is 22.8 Å². The predicted molar refractivity (Wildman–Crippen MR) is 84.7 cm³/mol. The van der Waals surface area contributed by atoms with Crippen LogP contribution >= 0.6 is 0 Å². The van der Waals surface area contributed by atoms with Crippen LogP contribution in [-0.4, -0.2) is 56.2 Å². The molecule has 0 saturated carbocycles. The molecule has 1 fully saturated rings. The van der Waals surface area contributed by atoms with Crippen LogP contribution in [0.25, 0.3) is 0 Å². The van der Waals surface area contributed by atoms with Crippen molar-refractivity contribution in [2.45, 2.75) is 25.5 Å². The van der Waals surface area contributed by atoms with Crippen LogP contribution in [0.15, 0.2) is 18.2 Å². The van der Waals surface area contributed by atoms with Gasteiger partial charge in [0.1, 0.15) is 17.1 Å². The zero-order chi connectivity index (χ0) is 17.9. The third-order valence-corrected chi connectivity index (χ3v) is 5.42. The fourth-order valence-corrected chi connectivity index (χ4v) is 3.99. The maximum absolute atomic E-state index is 12.0. The van der Waals surface area contributed by atoms with Gasteiger partial charge in [-0.3, -0.25) is 4.79 Å². The van der Waals surface area contributed by atoms with Gasteiger partial charge in [0.2, 0.25) is 0 Å². The average Bonchev–Trinajstić information content (AvgIpc) is 2.85. The molecule has 0 aliphatic carbocycles. The maximum Gasteiger partial charge on any atom is 0.342 e. The highest BCUT2D eigenvalue weighted by Crippen LogP contribution is 2.24. The molecule has 1 aromatic carbocycles. The van der Waals surface area contributed by atoms with E-state index in [0.717, 1.165) is 0 Å². The number of esters is 1. The minimum atomic E-state index is -3.11. The van der Waals surface area contributed by atoms with Gasteiger partial charge >= 0.3 is 5.97 Å². The van der Waals surface area contributed by atoms with Crippen molar-refractivity contribution < 1.29 is 32.6 Å². The molecule has 1 aliphatic rings. The Bertz CT molecular complexity index is 744. The fourth-order valence-electron chi connectivity index (χ4n) is 2.32. The van der Waals surface area contributed by atoms with Gasteiger partial charge in [0.15, 0.2) is 15.9 Å². The molecule has 1 aliphatic heterocycles. The lowest BCUT2D eigenvalue weighted by atomic mass is 10.2. The van der Waals surface area contributed by atoms with E-state index >= 15 is 0 Å². The van der Waals surface area contributed by atoms with Crippen molar-refractivity contribution in [3.63, 3.8) is 0 Å². The number of hydrogen-bond acceptors (Lipinski definition) is 7. The molecule has 2 N–H and O–H groups in total. The second-order valence-electron chi connectivity index (χ2n) is 5.54. The molecule has 1 saturated heterocycles. The van der Waals surface area contributed by atoms with Crippen LogP contribution < -0.4 is 10.1 Å². The van der Waals surface area contributed by atoms with Crippen molar-refractivity contribution in [1.29, 1.82) is 0 Å². The van der Waals surface area contributed by atoms with Gasteiger partial charge in [0.05, 0.1) is 18.6 Å². The van der Waals surface area contributed by atoms with Gasteiger partial charge in [0, 0.05) is 12.1 Å². The topological polar surface area (TPSA) is 119 Å². The van der Waals surface area contributed by atoms with Crippen LogP contribution in [0.1, 0.15) is 23.7 Å². The summed E-state index contributed by atoms with van der Waals surface area (Å²) in [4.78, 5) is 24.0. The number of aromatic hydroxyl groups is 1. The number of hydrogen-bond donors (Lipinski definition) is 2. The summed E-state index contributed by atoms with van der Waals surface area (Å²) in [5, 5.41) is 12.3. The summed E-state index contributed by atoms with van der Waals surface area (Å²) in [6.07, 6.45) is -0.782. The molecule has 0 unspecified atom stereocenters. The standard InChI is InChI=1S/C15H19NO7S/c1-9(14(18)16-10-5-6-24(20,21)8-10)23-15(19)12-4-3-11(22-2)7-13(12)17/h3-4,7,9-10,17H,5-6,8H2,1-2H3,(H,16,18)/t9-,10-/m1/s1. The second-order valence-corrected chi connectivity index (χ2v) is 7.77. The Morgan fingerprint density at radius 1 is 1.38 bits per heavy atom. The summed E-state index contributed by atoms with van der Waals surface area (Å²) in [7, 11) is -1.69. The number of sulfone groups is 1. The lowest BCUT2D eigenvalue weighted by molar-refractivity contribution is -0.129. The minimum Gasteiger partial charge on any atom is -0.507 e. The summed E-state index contributed by atoms with van der Waals surface area (Å²) in [6.45, 7) is 1.37.